The molecule has 38 heavy (non-hydrogen) atoms. The van der Waals surface area contributed by atoms with E-state index in [2.05, 4.69) is 47.7 Å². The lowest BCUT2D eigenvalue weighted by atomic mass is 10.1. The third kappa shape index (κ3) is 7.16. The molecule has 2 N–H and O–H groups in total. The van der Waals surface area contributed by atoms with Crippen molar-refractivity contribution >= 4 is 73.1 Å². The fourth-order valence-electron chi connectivity index (χ4n) is 3.28. The fourth-order valence-corrected chi connectivity index (χ4v) is 4.74. The fraction of sp³-hybridized carbons (Fsp3) is 0. The lowest BCUT2D eigenvalue weighted by Crippen LogP contribution is -2.18. The molecular weight excluding hydrogens is 638 g/mol. The first-order chi connectivity index (χ1) is 18.3. The number of hydrazone groups is 1. The van der Waals surface area contributed by atoms with Crippen LogP contribution < -0.4 is 15.5 Å². The third-order valence-corrected chi connectivity index (χ3v) is 6.40. The van der Waals surface area contributed by atoms with E-state index < -0.39 is 11.9 Å². The summed E-state index contributed by atoms with van der Waals surface area (Å²) < 4.78 is 6.83. The number of carbonyl (C=O) groups excluding carboxylic acids is 3. The molecule has 0 aliphatic rings. The van der Waals surface area contributed by atoms with Gasteiger partial charge in [-0.25, -0.2) is 10.2 Å². The van der Waals surface area contributed by atoms with E-state index in [1.807, 2.05) is 0 Å². The van der Waals surface area contributed by atoms with Crippen LogP contribution in [0, 0.1) is 0 Å². The zero-order valence-corrected chi connectivity index (χ0v) is 23.4. The van der Waals surface area contributed by atoms with E-state index in [9.17, 15) is 14.4 Å². The van der Waals surface area contributed by atoms with E-state index in [1.54, 1.807) is 84.9 Å². The maximum absolute atomic E-state index is 12.7. The number of nitrogens with one attached hydrogen (secondary N) is 2. The number of esters is 1. The monoisotopic (exact) mass is 653 g/mol. The number of amides is 2. The van der Waals surface area contributed by atoms with Gasteiger partial charge in [-0.05, 0) is 82.7 Å². The summed E-state index contributed by atoms with van der Waals surface area (Å²) in [5, 5.41) is 7.30. The largest absolute Gasteiger partial charge is 0.421 e. The van der Waals surface area contributed by atoms with E-state index in [1.165, 1.54) is 12.3 Å². The SMILES string of the molecule is O=C(NN=Cc1cc(Br)cc(Br)c1OC(=O)c1ccccc1)c1cccc(NC(=O)c2ccc(Cl)cc2)c1. The summed E-state index contributed by atoms with van der Waals surface area (Å²) in [6.07, 6.45) is 1.37. The van der Waals surface area contributed by atoms with E-state index in [-0.39, 0.29) is 17.2 Å². The van der Waals surface area contributed by atoms with Crippen LogP contribution in [0.5, 0.6) is 5.75 Å². The highest BCUT2D eigenvalue weighted by Crippen LogP contribution is 2.32. The quantitative estimate of drug-likeness (QED) is 0.0961. The minimum Gasteiger partial charge on any atom is -0.421 e. The van der Waals surface area contributed by atoms with Crippen LogP contribution in [-0.4, -0.2) is 24.0 Å². The minimum atomic E-state index is -0.537. The number of benzene rings is 4. The molecular formula is C28H18Br2ClN3O4. The second kappa shape index (κ2) is 12.6. The first kappa shape index (κ1) is 27.3. The van der Waals surface area contributed by atoms with Gasteiger partial charge in [-0.2, -0.15) is 5.10 Å². The second-order valence-electron chi connectivity index (χ2n) is 7.80. The number of nitrogens with zero attached hydrogens (tertiary/aromatic N) is 1. The predicted octanol–water partition coefficient (Wildman–Crippen LogP) is 7.10. The van der Waals surface area contributed by atoms with Crippen LogP contribution in [0.2, 0.25) is 5.02 Å². The summed E-state index contributed by atoms with van der Waals surface area (Å²) in [7, 11) is 0. The molecule has 4 rings (SSSR count). The van der Waals surface area contributed by atoms with Crippen molar-refractivity contribution in [3.8, 4) is 5.75 Å². The Labute approximate surface area is 240 Å². The molecule has 0 bridgehead atoms. The molecule has 4 aromatic rings. The molecule has 0 unspecified atom stereocenters. The van der Waals surface area contributed by atoms with Gasteiger partial charge in [0.25, 0.3) is 11.8 Å². The maximum atomic E-state index is 12.7. The van der Waals surface area contributed by atoms with Crippen LogP contribution in [-0.2, 0) is 0 Å². The summed E-state index contributed by atoms with van der Waals surface area (Å²) in [6, 6.07) is 24.9. The molecule has 0 saturated heterocycles. The molecule has 4 aromatic carbocycles. The zero-order valence-electron chi connectivity index (χ0n) is 19.5. The molecule has 0 aromatic heterocycles. The molecule has 10 heteroatoms. The molecule has 0 aliphatic carbocycles. The van der Waals surface area contributed by atoms with Crippen molar-refractivity contribution < 1.29 is 19.1 Å². The van der Waals surface area contributed by atoms with Crippen molar-refractivity contribution in [2.75, 3.05) is 5.32 Å². The van der Waals surface area contributed by atoms with Crippen LogP contribution >= 0.6 is 43.5 Å². The molecule has 190 valence electrons. The van der Waals surface area contributed by atoms with Crippen LogP contribution in [0.1, 0.15) is 36.6 Å². The van der Waals surface area contributed by atoms with Gasteiger partial charge in [0.1, 0.15) is 0 Å². The van der Waals surface area contributed by atoms with Gasteiger partial charge in [-0.1, -0.05) is 51.8 Å². The van der Waals surface area contributed by atoms with Gasteiger partial charge >= 0.3 is 5.97 Å². The lowest BCUT2D eigenvalue weighted by molar-refractivity contribution is 0.0732. The Morgan fingerprint density at radius 1 is 0.789 bits per heavy atom. The summed E-state index contributed by atoms with van der Waals surface area (Å²) in [5.41, 5.74) is 4.43. The van der Waals surface area contributed by atoms with Gasteiger partial charge in [0.05, 0.1) is 16.3 Å². The molecule has 0 saturated carbocycles. The Kier molecular flexibility index (Phi) is 9.06. The van der Waals surface area contributed by atoms with Crippen LogP contribution in [0.15, 0.2) is 105 Å². The van der Waals surface area contributed by atoms with Gasteiger partial charge in [0.15, 0.2) is 5.75 Å². The highest BCUT2D eigenvalue weighted by molar-refractivity contribution is 9.11. The number of anilines is 1. The van der Waals surface area contributed by atoms with Crippen molar-refractivity contribution in [2.45, 2.75) is 0 Å². The van der Waals surface area contributed by atoms with Crippen molar-refractivity contribution in [1.82, 2.24) is 5.43 Å². The van der Waals surface area contributed by atoms with Gasteiger partial charge < -0.3 is 10.1 Å². The molecule has 0 radical (unpaired) electrons. The predicted molar refractivity (Wildman–Crippen MR) is 154 cm³/mol. The van der Waals surface area contributed by atoms with E-state index >= 15 is 0 Å². The van der Waals surface area contributed by atoms with Crippen LogP contribution in [0.4, 0.5) is 5.69 Å². The molecule has 0 spiro atoms. The standard InChI is InChI=1S/C28H18Br2ClN3O4/c29-21-13-20(25(24(30)15-21)38-28(37)18-5-2-1-3-6-18)16-32-34-27(36)19-7-4-8-23(14-19)33-26(35)17-9-11-22(31)12-10-17/h1-16H,(H,33,35)(H,34,36). The normalized spacial score (nSPS) is 10.7. The topological polar surface area (TPSA) is 96.9 Å². The smallest absolute Gasteiger partial charge is 0.343 e. The van der Waals surface area contributed by atoms with Crippen molar-refractivity contribution in [3.63, 3.8) is 0 Å². The number of rotatable bonds is 7. The zero-order chi connectivity index (χ0) is 27.1. The Morgan fingerprint density at radius 2 is 1.50 bits per heavy atom. The Morgan fingerprint density at radius 3 is 2.24 bits per heavy atom. The molecule has 0 heterocycles. The molecule has 0 fully saturated rings. The van der Waals surface area contributed by atoms with E-state index in [4.69, 9.17) is 16.3 Å². The summed E-state index contributed by atoms with van der Waals surface area (Å²) in [6.45, 7) is 0. The van der Waals surface area contributed by atoms with Crippen molar-refractivity contribution in [1.29, 1.82) is 0 Å². The number of hydrogen-bond acceptors (Lipinski definition) is 5. The third-order valence-electron chi connectivity index (χ3n) is 5.10. The van der Waals surface area contributed by atoms with Gasteiger partial charge in [0, 0.05) is 31.9 Å². The number of ether oxygens (including phenoxy) is 1. The summed E-state index contributed by atoms with van der Waals surface area (Å²) in [4.78, 5) is 37.8. The van der Waals surface area contributed by atoms with Gasteiger partial charge in [0.2, 0.25) is 0 Å². The number of carbonyl (C=O) groups is 3. The number of halogens is 3. The first-order valence-corrected chi connectivity index (χ1v) is 13.0. The van der Waals surface area contributed by atoms with Gasteiger partial charge in [-0.15, -0.1) is 0 Å². The van der Waals surface area contributed by atoms with Crippen molar-refractivity contribution in [3.05, 3.63) is 127 Å². The minimum absolute atomic E-state index is 0.243. The van der Waals surface area contributed by atoms with Crippen molar-refractivity contribution in [2.24, 2.45) is 5.10 Å². The van der Waals surface area contributed by atoms with Crippen LogP contribution in [0.25, 0.3) is 0 Å². The van der Waals surface area contributed by atoms with Gasteiger partial charge in [-0.3, -0.25) is 9.59 Å². The average molecular weight is 656 g/mol. The molecule has 2 amide bonds. The Hall–Kier alpha value is -3.79. The molecule has 0 aliphatic heterocycles. The summed E-state index contributed by atoms with van der Waals surface area (Å²) >= 11 is 12.7. The van der Waals surface area contributed by atoms with E-state index in [0.29, 0.717) is 36.3 Å². The summed E-state index contributed by atoms with van der Waals surface area (Å²) in [5.74, 6) is -1.13. The van der Waals surface area contributed by atoms with E-state index in [0.717, 1.165) is 0 Å². The second-order valence-corrected chi connectivity index (χ2v) is 10.0. The average Bonchev–Trinajstić information content (AvgIpc) is 2.91. The molecule has 7 nitrogen and oxygen atoms in total. The lowest BCUT2D eigenvalue weighted by Gasteiger charge is -2.10. The Bertz CT molecular complexity index is 1530. The maximum Gasteiger partial charge on any atom is 0.343 e. The molecule has 0 atom stereocenters. The Balaban J connectivity index is 1.45. The first-order valence-electron chi connectivity index (χ1n) is 11.1. The highest BCUT2D eigenvalue weighted by atomic mass is 79.9. The number of hydrogen-bond donors (Lipinski definition) is 2. The highest BCUT2D eigenvalue weighted by Gasteiger charge is 2.15. The van der Waals surface area contributed by atoms with Crippen LogP contribution in [0.3, 0.4) is 0 Å².